The highest BCUT2D eigenvalue weighted by atomic mass is 32.2. The standard InChI is InChI=1S/C10H15N3O5S2/c1-3-4-11-7(14)5-13-20(16,17)10-8(9(15)18-2)12-6-19-10/h6,13H,3-5H2,1-2H3,(H,11,14). The molecular weight excluding hydrogens is 306 g/mol. The summed E-state index contributed by atoms with van der Waals surface area (Å²) in [4.78, 5) is 26.4. The summed E-state index contributed by atoms with van der Waals surface area (Å²) < 4.78 is 30.3. The number of thiazole rings is 1. The van der Waals surface area contributed by atoms with Gasteiger partial charge in [-0.15, -0.1) is 11.3 Å². The van der Waals surface area contributed by atoms with E-state index in [2.05, 4.69) is 19.8 Å². The van der Waals surface area contributed by atoms with Crippen molar-refractivity contribution >= 4 is 33.2 Å². The number of nitrogens with one attached hydrogen (secondary N) is 2. The number of aromatic nitrogens is 1. The molecule has 0 aliphatic carbocycles. The molecule has 20 heavy (non-hydrogen) atoms. The lowest BCUT2D eigenvalue weighted by molar-refractivity contribution is -0.119. The summed E-state index contributed by atoms with van der Waals surface area (Å²) >= 11 is 0.776. The molecule has 0 bridgehead atoms. The second kappa shape index (κ2) is 7.31. The van der Waals surface area contributed by atoms with E-state index >= 15 is 0 Å². The zero-order chi connectivity index (χ0) is 15.2. The number of hydrogen-bond donors (Lipinski definition) is 2. The maximum atomic E-state index is 12.0. The van der Waals surface area contributed by atoms with Crippen molar-refractivity contribution in [3.05, 3.63) is 11.2 Å². The molecule has 1 rings (SSSR count). The van der Waals surface area contributed by atoms with Gasteiger partial charge >= 0.3 is 5.97 Å². The smallest absolute Gasteiger partial charge is 0.358 e. The Hall–Kier alpha value is -1.52. The van der Waals surface area contributed by atoms with E-state index in [1.807, 2.05) is 6.92 Å². The number of amides is 1. The van der Waals surface area contributed by atoms with Gasteiger partial charge in [0, 0.05) is 6.54 Å². The van der Waals surface area contributed by atoms with E-state index in [1.54, 1.807) is 0 Å². The third kappa shape index (κ3) is 4.25. The first-order valence-electron chi connectivity index (χ1n) is 5.70. The Morgan fingerprint density at radius 1 is 1.45 bits per heavy atom. The predicted octanol–water partition coefficient (Wildman–Crippen LogP) is -0.266. The molecule has 8 nitrogen and oxygen atoms in total. The minimum Gasteiger partial charge on any atom is -0.464 e. The lowest BCUT2D eigenvalue weighted by Crippen LogP contribution is -2.37. The number of esters is 1. The van der Waals surface area contributed by atoms with E-state index in [9.17, 15) is 18.0 Å². The Bertz CT molecular complexity index is 581. The van der Waals surface area contributed by atoms with Crippen LogP contribution in [0.4, 0.5) is 0 Å². The summed E-state index contributed by atoms with van der Waals surface area (Å²) in [7, 11) is -2.85. The van der Waals surface area contributed by atoms with Gasteiger partial charge in [0.1, 0.15) is 0 Å². The quantitative estimate of drug-likeness (QED) is 0.668. The summed E-state index contributed by atoms with van der Waals surface area (Å²) in [6.07, 6.45) is 0.750. The van der Waals surface area contributed by atoms with E-state index in [0.29, 0.717) is 6.54 Å². The second-order valence-corrected chi connectivity index (χ2v) is 6.47. The topological polar surface area (TPSA) is 114 Å². The highest BCUT2D eigenvalue weighted by Crippen LogP contribution is 2.20. The van der Waals surface area contributed by atoms with Crippen molar-refractivity contribution in [2.45, 2.75) is 17.6 Å². The van der Waals surface area contributed by atoms with Crippen LogP contribution in [0.3, 0.4) is 0 Å². The molecule has 1 heterocycles. The third-order valence-corrected chi connectivity index (χ3v) is 4.92. The van der Waals surface area contributed by atoms with E-state index in [1.165, 1.54) is 5.51 Å². The summed E-state index contributed by atoms with van der Waals surface area (Å²) in [5.41, 5.74) is 0.928. The predicted molar refractivity (Wildman–Crippen MR) is 71.9 cm³/mol. The van der Waals surface area contributed by atoms with Crippen LogP contribution < -0.4 is 10.0 Å². The first-order chi connectivity index (χ1) is 9.42. The average Bonchev–Trinajstić information content (AvgIpc) is 2.92. The monoisotopic (exact) mass is 321 g/mol. The molecule has 10 heteroatoms. The summed E-state index contributed by atoms with van der Waals surface area (Å²) in [6.45, 7) is 1.94. The molecule has 0 saturated carbocycles. The van der Waals surface area contributed by atoms with Crippen LogP contribution in [0.25, 0.3) is 0 Å². The van der Waals surface area contributed by atoms with Crippen LogP contribution in [0, 0.1) is 0 Å². The number of carbonyl (C=O) groups is 2. The molecule has 0 fully saturated rings. The van der Waals surface area contributed by atoms with Gasteiger partial charge in [-0.3, -0.25) is 4.79 Å². The Kier molecular flexibility index (Phi) is 6.05. The molecule has 0 unspecified atom stereocenters. The minimum absolute atomic E-state index is 0.271. The number of ether oxygens (including phenoxy) is 1. The lowest BCUT2D eigenvalue weighted by Gasteiger charge is -2.06. The number of carbonyl (C=O) groups excluding carboxylic acids is 2. The third-order valence-electron chi connectivity index (χ3n) is 2.15. The molecule has 0 atom stereocenters. The van der Waals surface area contributed by atoms with Crippen molar-refractivity contribution in [3.63, 3.8) is 0 Å². The number of sulfonamides is 1. The fourth-order valence-corrected chi connectivity index (χ4v) is 3.37. The molecule has 0 spiro atoms. The Morgan fingerprint density at radius 2 is 2.15 bits per heavy atom. The molecule has 1 aromatic heterocycles. The van der Waals surface area contributed by atoms with Crippen molar-refractivity contribution in [1.82, 2.24) is 15.0 Å². The van der Waals surface area contributed by atoms with Crippen molar-refractivity contribution in [2.75, 3.05) is 20.2 Å². The largest absolute Gasteiger partial charge is 0.464 e. The van der Waals surface area contributed by atoms with Crippen molar-refractivity contribution in [3.8, 4) is 0 Å². The highest BCUT2D eigenvalue weighted by molar-refractivity contribution is 7.91. The molecule has 0 saturated heterocycles. The van der Waals surface area contributed by atoms with E-state index in [0.717, 1.165) is 24.9 Å². The maximum absolute atomic E-state index is 12.0. The van der Waals surface area contributed by atoms with Gasteiger partial charge in [0.2, 0.25) is 5.91 Å². The zero-order valence-corrected chi connectivity index (χ0v) is 12.6. The molecule has 112 valence electrons. The van der Waals surface area contributed by atoms with Gasteiger partial charge in [-0.2, -0.15) is 0 Å². The van der Waals surface area contributed by atoms with Crippen LogP contribution in [-0.4, -0.2) is 45.5 Å². The van der Waals surface area contributed by atoms with Crippen molar-refractivity contribution in [2.24, 2.45) is 0 Å². The van der Waals surface area contributed by atoms with Crippen LogP contribution in [-0.2, 0) is 19.6 Å². The SMILES string of the molecule is CCCNC(=O)CNS(=O)(=O)c1scnc1C(=O)OC. The fourth-order valence-electron chi connectivity index (χ4n) is 1.21. The van der Waals surface area contributed by atoms with Gasteiger partial charge in [-0.25, -0.2) is 22.9 Å². The summed E-state index contributed by atoms with van der Waals surface area (Å²) in [5.74, 6) is -1.29. The first-order valence-corrected chi connectivity index (χ1v) is 8.06. The molecule has 0 aliphatic heterocycles. The molecule has 1 aromatic rings. The van der Waals surface area contributed by atoms with Crippen LogP contribution in [0.1, 0.15) is 23.8 Å². The number of nitrogens with zero attached hydrogens (tertiary/aromatic N) is 1. The van der Waals surface area contributed by atoms with E-state index in [4.69, 9.17) is 0 Å². The van der Waals surface area contributed by atoms with Crippen molar-refractivity contribution < 1.29 is 22.7 Å². The van der Waals surface area contributed by atoms with Gasteiger partial charge in [0.05, 0.1) is 19.2 Å². The van der Waals surface area contributed by atoms with Gasteiger partial charge in [0.15, 0.2) is 9.90 Å². The second-order valence-electron chi connectivity index (χ2n) is 3.65. The number of methoxy groups -OCH3 is 1. The van der Waals surface area contributed by atoms with Gasteiger partial charge < -0.3 is 10.1 Å². The fraction of sp³-hybridized carbons (Fsp3) is 0.500. The first kappa shape index (κ1) is 16.5. The molecule has 0 aliphatic rings. The molecule has 0 radical (unpaired) electrons. The van der Waals surface area contributed by atoms with E-state index < -0.39 is 28.4 Å². The molecule has 2 N–H and O–H groups in total. The van der Waals surface area contributed by atoms with Crippen LogP contribution in [0.15, 0.2) is 9.72 Å². The maximum Gasteiger partial charge on any atom is 0.358 e. The van der Waals surface area contributed by atoms with Gasteiger partial charge in [-0.05, 0) is 6.42 Å². The normalized spacial score (nSPS) is 11.1. The van der Waals surface area contributed by atoms with Gasteiger partial charge in [-0.1, -0.05) is 6.92 Å². The Morgan fingerprint density at radius 3 is 2.75 bits per heavy atom. The van der Waals surface area contributed by atoms with E-state index in [-0.39, 0.29) is 9.90 Å². The highest BCUT2D eigenvalue weighted by Gasteiger charge is 2.26. The minimum atomic E-state index is -3.98. The van der Waals surface area contributed by atoms with Crippen molar-refractivity contribution in [1.29, 1.82) is 0 Å². The van der Waals surface area contributed by atoms with Crippen LogP contribution >= 0.6 is 11.3 Å². The summed E-state index contributed by atoms with van der Waals surface area (Å²) in [6, 6.07) is 0. The molecular formula is C10H15N3O5S2. The zero-order valence-electron chi connectivity index (χ0n) is 11.0. The number of rotatable bonds is 7. The lowest BCUT2D eigenvalue weighted by atomic mass is 10.5. The van der Waals surface area contributed by atoms with Gasteiger partial charge in [0.25, 0.3) is 10.0 Å². The van der Waals surface area contributed by atoms with Crippen LogP contribution in [0.5, 0.6) is 0 Å². The average molecular weight is 321 g/mol. The molecule has 0 aromatic carbocycles. The Balaban J connectivity index is 2.77. The summed E-state index contributed by atoms with van der Waals surface area (Å²) in [5, 5.41) is 2.53. The van der Waals surface area contributed by atoms with Crippen LogP contribution in [0.2, 0.25) is 0 Å². The molecule has 1 amide bonds. The Labute approximate surface area is 120 Å². The number of hydrogen-bond acceptors (Lipinski definition) is 7.